The summed E-state index contributed by atoms with van der Waals surface area (Å²) < 4.78 is 23.8. The van der Waals surface area contributed by atoms with Crippen LogP contribution in [0.2, 0.25) is 46.6 Å². The fourth-order valence-corrected chi connectivity index (χ4v) is 14.3. The van der Waals surface area contributed by atoms with Gasteiger partial charge in [-0.15, -0.1) is 0 Å². The van der Waals surface area contributed by atoms with Crippen LogP contribution in [0.3, 0.4) is 0 Å². The number of hydrogen-bond donors (Lipinski definition) is 4. The lowest BCUT2D eigenvalue weighted by Crippen LogP contribution is -2.43. The molecule has 1 aliphatic heterocycles. The van der Waals surface area contributed by atoms with E-state index in [2.05, 4.69) is 177 Å². The molecular weight excluding hydrogens is 1260 g/mol. The van der Waals surface area contributed by atoms with E-state index in [1.807, 2.05) is 60.8 Å². The molecule has 434 valence electrons. The van der Waals surface area contributed by atoms with Crippen LogP contribution >= 0.6 is 55.1 Å². The molecule has 0 saturated carbocycles. The van der Waals surface area contributed by atoms with Gasteiger partial charge in [-0.05, 0) is 90.4 Å². The molecule has 2 unspecified atom stereocenters. The maximum absolute atomic E-state index is 13.4. The summed E-state index contributed by atoms with van der Waals surface area (Å²) in [5, 5.41) is 6.66. The number of hydrogen-bond acceptors (Lipinski definition) is 8. The first-order valence-corrected chi connectivity index (χ1v) is 35.5. The molecule has 0 radical (unpaired) electrons. The summed E-state index contributed by atoms with van der Waals surface area (Å²) in [6.07, 6.45) is 15.1. The van der Waals surface area contributed by atoms with Crippen molar-refractivity contribution in [2.24, 2.45) is 5.73 Å². The Kier molecular flexibility index (Phi) is 17.6. The molecule has 4 aromatic heterocycles. The van der Waals surface area contributed by atoms with Crippen LogP contribution in [0, 0.1) is 0 Å². The Balaban J connectivity index is 0.000000165. The number of allylic oxidation sites excluding steroid dienone is 2. The van der Waals surface area contributed by atoms with Gasteiger partial charge in [0.05, 0.1) is 54.5 Å². The number of benzene rings is 4. The average Bonchev–Trinajstić information content (AvgIpc) is 3.94. The SMILES string of the molecule is CC(C)(C)[Si](C)(C)O[C@@H]1C=CC(n2cc(C3=C(c4c(Cl)[nH]c5ccc(Br)cc45)C(=O)NC3=O)c3ccccc32)C1.CC(C)(C)[Si](C)(C)O[C@@H]1C=CC(n2cc(CC(N)=O)c3ccccc32)C1.COC(=O)C(=O)c1c(Cl)[nH]c2ccc(Br)cc12. The average molecular weight is 1320 g/mol. The molecule has 0 fully saturated rings. The zero-order valence-corrected chi connectivity index (χ0v) is 54.9. The number of nitrogens with two attached hydrogens (primary N) is 1. The van der Waals surface area contributed by atoms with Crippen LogP contribution in [0.4, 0.5) is 0 Å². The van der Waals surface area contributed by atoms with Crippen LogP contribution in [0.15, 0.2) is 131 Å². The Hall–Kier alpha value is -6.10. The number of Topliss-reactive ketones (excluding diaryl/α,β-unsaturated/α-hetero) is 1. The number of imide groups is 1. The molecule has 3 aliphatic rings. The molecule has 5 N–H and O–H groups in total. The van der Waals surface area contributed by atoms with Gasteiger partial charge in [0.2, 0.25) is 5.91 Å². The van der Waals surface area contributed by atoms with E-state index in [-0.39, 0.29) is 63.0 Å². The number of aromatic amines is 2. The number of rotatable bonds is 12. The Labute approximate surface area is 511 Å². The number of carbonyl (C=O) groups excluding carboxylic acids is 5. The van der Waals surface area contributed by atoms with Crippen molar-refractivity contribution in [1.82, 2.24) is 24.4 Å². The van der Waals surface area contributed by atoms with E-state index < -0.39 is 40.2 Å². The Bertz CT molecular complexity index is 4010. The molecule has 20 heteroatoms. The minimum atomic E-state index is -1.94. The van der Waals surface area contributed by atoms with Gasteiger partial charge in [0.1, 0.15) is 10.3 Å². The van der Waals surface area contributed by atoms with Gasteiger partial charge < -0.3 is 38.4 Å². The molecule has 0 bridgehead atoms. The van der Waals surface area contributed by atoms with E-state index in [9.17, 15) is 24.0 Å². The third kappa shape index (κ3) is 12.5. The van der Waals surface area contributed by atoms with Gasteiger partial charge in [-0.2, -0.15) is 0 Å². The number of amides is 3. The zero-order valence-electron chi connectivity index (χ0n) is 48.2. The summed E-state index contributed by atoms with van der Waals surface area (Å²) in [4.78, 5) is 67.1. The highest BCUT2D eigenvalue weighted by Crippen LogP contribution is 2.45. The molecule has 3 amide bonds. The molecule has 5 heterocycles. The van der Waals surface area contributed by atoms with Crippen molar-refractivity contribution < 1.29 is 37.6 Å². The van der Waals surface area contributed by atoms with E-state index in [1.54, 1.807) is 12.1 Å². The Morgan fingerprint density at radius 1 is 0.651 bits per heavy atom. The summed E-state index contributed by atoms with van der Waals surface area (Å²) >= 11 is 19.4. The molecule has 83 heavy (non-hydrogen) atoms. The van der Waals surface area contributed by atoms with Crippen molar-refractivity contribution in [3.05, 3.63) is 163 Å². The van der Waals surface area contributed by atoms with Gasteiger partial charge in [0.25, 0.3) is 17.6 Å². The zero-order chi connectivity index (χ0) is 60.2. The van der Waals surface area contributed by atoms with Crippen molar-refractivity contribution in [3.63, 3.8) is 0 Å². The van der Waals surface area contributed by atoms with E-state index in [1.165, 1.54) is 0 Å². The monoisotopic (exact) mass is 1320 g/mol. The predicted octanol–water partition coefficient (Wildman–Crippen LogP) is 15.5. The molecule has 4 aromatic carbocycles. The highest BCUT2D eigenvalue weighted by Gasteiger charge is 2.42. The minimum Gasteiger partial charge on any atom is -0.463 e. The van der Waals surface area contributed by atoms with Gasteiger partial charge in [-0.1, -0.05) is 157 Å². The molecule has 8 aromatic rings. The lowest BCUT2D eigenvalue weighted by atomic mass is 9.95. The third-order valence-corrected chi connectivity index (χ3v) is 27.2. The second-order valence-corrected chi connectivity index (χ2v) is 36.4. The smallest absolute Gasteiger partial charge is 0.379 e. The lowest BCUT2D eigenvalue weighted by Gasteiger charge is -2.38. The number of para-hydroxylation sites is 2. The quantitative estimate of drug-likeness (QED) is 0.0232. The number of ether oxygens (including phenoxy) is 1. The fourth-order valence-electron chi connectivity index (χ4n) is 10.4. The van der Waals surface area contributed by atoms with E-state index in [0.29, 0.717) is 32.8 Å². The van der Waals surface area contributed by atoms with Crippen LogP contribution in [-0.4, -0.2) is 84.5 Å². The molecule has 4 atom stereocenters. The van der Waals surface area contributed by atoms with Crippen molar-refractivity contribution in [1.29, 1.82) is 0 Å². The number of nitrogens with zero attached hydrogens (tertiary/aromatic N) is 2. The first-order valence-electron chi connectivity index (χ1n) is 27.3. The number of carbonyl (C=O) groups is 5. The van der Waals surface area contributed by atoms with Gasteiger partial charge in [0, 0.05) is 88.9 Å². The van der Waals surface area contributed by atoms with Crippen LogP contribution in [0.25, 0.3) is 54.8 Å². The lowest BCUT2D eigenvalue weighted by molar-refractivity contribution is -0.135. The first kappa shape index (κ1) is 61.5. The first-order chi connectivity index (χ1) is 39.0. The number of fused-ring (bicyclic) bond motifs is 4. The second kappa shape index (κ2) is 23.8. The number of methoxy groups -OCH3 is 1. The third-order valence-electron chi connectivity index (χ3n) is 16.7. The van der Waals surface area contributed by atoms with Crippen LogP contribution in [0.1, 0.15) is 93.5 Å². The Morgan fingerprint density at radius 3 is 1.67 bits per heavy atom. The minimum absolute atomic E-state index is 0.0325. The molecule has 11 rings (SSSR count). The fraction of sp³-hybridized carbons (Fsp3) is 0.317. The molecule has 2 aliphatic carbocycles. The van der Waals surface area contributed by atoms with Crippen LogP contribution in [-0.2, 0) is 39.2 Å². The van der Waals surface area contributed by atoms with Crippen LogP contribution in [0.5, 0.6) is 0 Å². The van der Waals surface area contributed by atoms with E-state index in [4.69, 9.17) is 37.8 Å². The van der Waals surface area contributed by atoms with Gasteiger partial charge >= 0.3 is 5.97 Å². The summed E-state index contributed by atoms with van der Waals surface area (Å²) in [5.41, 5.74) is 12.0. The van der Waals surface area contributed by atoms with Crippen molar-refractivity contribution in [2.75, 3.05) is 7.11 Å². The molecule has 0 spiro atoms. The normalized spacial score (nSPS) is 18.3. The highest BCUT2D eigenvalue weighted by atomic mass is 79.9. The van der Waals surface area contributed by atoms with Crippen molar-refractivity contribution in [3.8, 4) is 0 Å². The van der Waals surface area contributed by atoms with Gasteiger partial charge in [-0.3, -0.25) is 24.5 Å². The number of halogens is 4. The highest BCUT2D eigenvalue weighted by molar-refractivity contribution is 9.10. The predicted molar refractivity (Wildman–Crippen MR) is 345 cm³/mol. The van der Waals surface area contributed by atoms with Gasteiger partial charge in [-0.25, -0.2) is 4.79 Å². The summed E-state index contributed by atoms with van der Waals surface area (Å²) in [6, 6.07) is 27.5. The van der Waals surface area contributed by atoms with Gasteiger partial charge in [0.15, 0.2) is 16.6 Å². The number of primary amides is 1. The summed E-state index contributed by atoms with van der Waals surface area (Å²) in [6.45, 7) is 22.7. The maximum Gasteiger partial charge on any atom is 0.379 e. The molecule has 14 nitrogen and oxygen atoms in total. The van der Waals surface area contributed by atoms with E-state index >= 15 is 0 Å². The number of H-pyrrole nitrogens is 2. The second-order valence-electron chi connectivity index (χ2n) is 24.3. The number of ketones is 1. The summed E-state index contributed by atoms with van der Waals surface area (Å²) in [5.74, 6) is -2.88. The molecular formula is C63H68Br2Cl2N6O8Si2. The summed E-state index contributed by atoms with van der Waals surface area (Å²) in [7, 11) is -2.58. The Morgan fingerprint density at radius 2 is 1.13 bits per heavy atom. The molecule has 0 saturated heterocycles. The van der Waals surface area contributed by atoms with Crippen molar-refractivity contribution in [2.45, 2.75) is 121 Å². The van der Waals surface area contributed by atoms with Crippen LogP contribution < -0.4 is 11.1 Å². The number of nitrogens with one attached hydrogen (secondary N) is 3. The van der Waals surface area contributed by atoms with E-state index in [0.717, 1.165) is 67.2 Å². The van der Waals surface area contributed by atoms with Crippen molar-refractivity contribution >= 4 is 156 Å². The topological polar surface area (TPSA) is 193 Å². The maximum atomic E-state index is 13.4. The number of esters is 1. The largest absolute Gasteiger partial charge is 0.463 e. The number of aromatic nitrogens is 4. The standard InChI is InChI=1S/C31H31BrClN3O3Si.C21H30N2O2Si.C11H7BrClNO3/c1-31(2,3)40(4,5)39-19-12-11-18(15-19)36-16-22(20-8-6-7-9-24(20)36)26-27(30(38)35-29(26)37)25-21-14-17(32)10-13-23(21)34-28(25)33;1-21(2,3)26(4,5)25-17-11-10-16(13-17)23-14-15(12-20(22)24)18-8-6-7-9-19(18)23;1-17-11(16)9(15)8-6-4-5(12)2-3-7(6)14-10(8)13/h6-14,16,18-19,34H,15H2,1-5H3,(H,35,37,38);6-11,14,16-17H,12-13H2,1-5H3,(H2,22,24);2-4,14H,1H3/t18?,19-;16?,17-;/m11./s1.